The number of unbranched alkanes of at least 4 members (excludes halogenated alkanes) is 1. The second-order valence-electron chi connectivity index (χ2n) is 6.05. The van der Waals surface area contributed by atoms with Crippen molar-refractivity contribution in [2.75, 3.05) is 13.2 Å². The molecule has 30 heavy (non-hydrogen) atoms. The van der Waals surface area contributed by atoms with Crippen molar-refractivity contribution in [2.24, 2.45) is 0 Å². The van der Waals surface area contributed by atoms with E-state index in [4.69, 9.17) is 21.7 Å². The number of nitrogens with one attached hydrogen (secondary N) is 3. The summed E-state index contributed by atoms with van der Waals surface area (Å²) < 4.78 is 12.6. The van der Waals surface area contributed by atoms with E-state index >= 15 is 0 Å². The van der Waals surface area contributed by atoms with Gasteiger partial charge in [-0.1, -0.05) is 29.3 Å². The summed E-state index contributed by atoms with van der Waals surface area (Å²) in [6, 6.07) is 12.1. The average molecular weight is 559 g/mol. The predicted molar refractivity (Wildman–Crippen MR) is 126 cm³/mol. The van der Waals surface area contributed by atoms with E-state index < -0.39 is 11.8 Å². The summed E-state index contributed by atoms with van der Waals surface area (Å²) in [5.74, 6) is 0.343. The van der Waals surface area contributed by atoms with Crippen molar-refractivity contribution < 1.29 is 19.1 Å². The third-order valence-electron chi connectivity index (χ3n) is 3.68. The molecule has 0 radical (unpaired) electrons. The Bertz CT molecular complexity index is 894. The van der Waals surface area contributed by atoms with Crippen LogP contribution in [0.2, 0.25) is 0 Å². The third-order valence-corrected chi connectivity index (χ3v) is 5.03. The summed E-state index contributed by atoms with van der Waals surface area (Å²) in [5.41, 5.74) is 5.21. The molecular weight excluding hydrogens is 538 g/mol. The van der Waals surface area contributed by atoms with E-state index in [1.165, 1.54) is 0 Å². The fraction of sp³-hybridized carbons (Fsp3) is 0.250. The number of benzene rings is 2. The smallest absolute Gasteiger partial charge is 0.276 e. The van der Waals surface area contributed by atoms with Crippen LogP contribution in [0.3, 0.4) is 0 Å². The fourth-order valence-electron chi connectivity index (χ4n) is 2.13. The minimum atomic E-state index is -0.453. The number of hydrogen-bond acceptors (Lipinski definition) is 5. The minimum Gasteiger partial charge on any atom is -0.492 e. The normalized spacial score (nSPS) is 10.1. The van der Waals surface area contributed by atoms with Gasteiger partial charge in [0, 0.05) is 10.0 Å². The van der Waals surface area contributed by atoms with E-state index in [2.05, 4.69) is 55.0 Å². The monoisotopic (exact) mass is 557 g/mol. The van der Waals surface area contributed by atoms with Crippen LogP contribution in [0.5, 0.6) is 11.5 Å². The molecule has 0 heterocycles. The van der Waals surface area contributed by atoms with Gasteiger partial charge in [-0.05, 0) is 77.0 Å². The Morgan fingerprint density at radius 1 is 1.03 bits per heavy atom. The first-order chi connectivity index (χ1) is 14.4. The highest BCUT2D eigenvalue weighted by atomic mass is 79.9. The molecular formula is C20H21Br2N3O4S. The molecule has 3 N–H and O–H groups in total. The number of halogens is 2. The van der Waals surface area contributed by atoms with E-state index in [0.29, 0.717) is 28.1 Å². The number of amides is 2. The number of rotatable bonds is 8. The number of hydrazine groups is 1. The lowest BCUT2D eigenvalue weighted by Crippen LogP contribution is -2.49. The Labute approximate surface area is 197 Å². The number of hydrogen-bond donors (Lipinski definition) is 3. The molecule has 7 nitrogen and oxygen atoms in total. The maximum absolute atomic E-state index is 12.3. The number of ether oxygens (including phenoxy) is 2. The summed E-state index contributed by atoms with van der Waals surface area (Å²) in [6.45, 7) is 2.48. The summed E-state index contributed by atoms with van der Waals surface area (Å²) in [7, 11) is 0. The molecule has 0 aromatic heterocycles. The molecule has 0 saturated carbocycles. The first kappa shape index (κ1) is 24.1. The zero-order chi connectivity index (χ0) is 21.9. The first-order valence-electron chi connectivity index (χ1n) is 9.10. The summed E-state index contributed by atoms with van der Waals surface area (Å²) in [4.78, 5) is 24.2. The number of carbonyl (C=O) groups excluding carboxylic acids is 2. The molecule has 2 rings (SSSR count). The predicted octanol–water partition coefficient (Wildman–Crippen LogP) is 4.11. The maximum Gasteiger partial charge on any atom is 0.276 e. The molecule has 0 atom stereocenters. The second-order valence-corrected chi connectivity index (χ2v) is 8.22. The van der Waals surface area contributed by atoms with Crippen molar-refractivity contribution in [3.63, 3.8) is 0 Å². The molecule has 2 aromatic carbocycles. The van der Waals surface area contributed by atoms with Crippen molar-refractivity contribution in [3.05, 3.63) is 57.0 Å². The van der Waals surface area contributed by atoms with Crippen LogP contribution in [0, 0.1) is 0 Å². The van der Waals surface area contributed by atoms with Gasteiger partial charge in [0.1, 0.15) is 11.5 Å². The summed E-state index contributed by atoms with van der Waals surface area (Å²) >= 11 is 11.7. The van der Waals surface area contributed by atoms with Gasteiger partial charge in [0.15, 0.2) is 11.7 Å². The summed E-state index contributed by atoms with van der Waals surface area (Å²) in [5, 5.41) is 2.44. The molecule has 0 aliphatic carbocycles. The van der Waals surface area contributed by atoms with Crippen molar-refractivity contribution in [2.45, 2.75) is 19.8 Å². The molecule has 10 heteroatoms. The molecule has 160 valence electrons. The van der Waals surface area contributed by atoms with Gasteiger partial charge in [0.25, 0.3) is 11.8 Å². The van der Waals surface area contributed by atoms with E-state index in [1.807, 2.05) is 0 Å². The molecule has 0 fully saturated rings. The zero-order valence-electron chi connectivity index (χ0n) is 16.2. The molecule has 2 aromatic rings. The highest BCUT2D eigenvalue weighted by Crippen LogP contribution is 2.26. The molecule has 0 aliphatic rings. The topological polar surface area (TPSA) is 88.7 Å². The Hall–Kier alpha value is -2.17. The van der Waals surface area contributed by atoms with E-state index in [-0.39, 0.29) is 11.7 Å². The van der Waals surface area contributed by atoms with E-state index in [1.54, 1.807) is 42.5 Å². The minimum absolute atomic E-state index is 0.0450. The lowest BCUT2D eigenvalue weighted by molar-refractivity contribution is -0.123. The average Bonchev–Trinajstić information content (AvgIpc) is 2.73. The van der Waals surface area contributed by atoms with Crippen LogP contribution in [-0.4, -0.2) is 30.1 Å². The van der Waals surface area contributed by atoms with E-state index in [9.17, 15) is 9.59 Å². The molecule has 0 unspecified atom stereocenters. The quantitative estimate of drug-likeness (QED) is 0.257. The number of thiocarbonyl (C=S) groups is 1. The summed E-state index contributed by atoms with van der Waals surface area (Å²) in [6.07, 6.45) is 1.99. The van der Waals surface area contributed by atoms with Crippen molar-refractivity contribution >= 4 is 61.0 Å². The lowest BCUT2D eigenvalue weighted by atomic mass is 10.2. The highest BCUT2D eigenvalue weighted by molar-refractivity contribution is 9.10. The van der Waals surface area contributed by atoms with Crippen LogP contribution >= 0.6 is 44.1 Å². The molecule has 0 bridgehead atoms. The second kappa shape index (κ2) is 12.5. The number of carbonyl (C=O) groups is 2. The maximum atomic E-state index is 12.3. The fourth-order valence-corrected chi connectivity index (χ4v) is 3.04. The van der Waals surface area contributed by atoms with Gasteiger partial charge in [-0.25, -0.2) is 0 Å². The van der Waals surface area contributed by atoms with Crippen molar-refractivity contribution in [1.82, 2.24) is 16.2 Å². The first-order valence-corrected chi connectivity index (χ1v) is 11.1. The van der Waals surface area contributed by atoms with Gasteiger partial charge in [-0.3, -0.25) is 25.8 Å². The van der Waals surface area contributed by atoms with Crippen molar-refractivity contribution in [1.29, 1.82) is 0 Å². The van der Waals surface area contributed by atoms with Gasteiger partial charge in [-0.15, -0.1) is 0 Å². The van der Waals surface area contributed by atoms with E-state index in [0.717, 1.165) is 17.3 Å². The van der Waals surface area contributed by atoms with Crippen LogP contribution < -0.4 is 25.6 Å². The Morgan fingerprint density at radius 2 is 1.77 bits per heavy atom. The molecule has 0 spiro atoms. The lowest BCUT2D eigenvalue weighted by Gasteiger charge is -2.12. The van der Waals surface area contributed by atoms with Gasteiger partial charge >= 0.3 is 0 Å². The SMILES string of the molecule is CCCCOc1ccc(C(=O)NC(=S)NNC(=O)COc2ccc(Br)cc2)cc1Br. The van der Waals surface area contributed by atoms with Crippen LogP contribution in [0.4, 0.5) is 0 Å². The molecule has 0 aliphatic heterocycles. The zero-order valence-corrected chi connectivity index (χ0v) is 20.2. The van der Waals surface area contributed by atoms with Crippen molar-refractivity contribution in [3.8, 4) is 11.5 Å². The van der Waals surface area contributed by atoms with Crippen LogP contribution in [0.15, 0.2) is 51.4 Å². The van der Waals surface area contributed by atoms with Crippen LogP contribution in [-0.2, 0) is 4.79 Å². The third kappa shape index (κ3) is 8.29. The molecule has 2 amide bonds. The van der Waals surface area contributed by atoms with Gasteiger partial charge in [0.2, 0.25) is 0 Å². The standard InChI is InChI=1S/C20H21Br2N3O4S/c1-2-3-10-28-17-9-4-13(11-16(17)22)19(27)23-20(30)25-24-18(26)12-29-15-7-5-14(21)6-8-15/h4-9,11H,2-3,10,12H2,1H3,(H,24,26)(H2,23,25,27,30). The Morgan fingerprint density at radius 3 is 2.43 bits per heavy atom. The van der Waals surface area contributed by atoms with Gasteiger partial charge in [0.05, 0.1) is 11.1 Å². The van der Waals surface area contributed by atoms with Gasteiger partial charge in [-0.2, -0.15) is 0 Å². The molecule has 0 saturated heterocycles. The largest absolute Gasteiger partial charge is 0.492 e. The highest BCUT2D eigenvalue weighted by Gasteiger charge is 2.11. The van der Waals surface area contributed by atoms with Gasteiger partial charge < -0.3 is 9.47 Å². The Balaban J connectivity index is 1.75. The van der Waals surface area contributed by atoms with Crippen LogP contribution in [0.25, 0.3) is 0 Å². The van der Waals surface area contributed by atoms with Crippen LogP contribution in [0.1, 0.15) is 30.1 Å². The Kier molecular flexibility index (Phi) is 10.0.